The third-order valence-electron chi connectivity index (χ3n) is 4.34. The Bertz CT molecular complexity index is 425. The summed E-state index contributed by atoms with van der Waals surface area (Å²) in [6.07, 6.45) is 5.17. The standard InChI is InChI=1S/C15H25N3O/c1-18(2)15(8-4-5-9-15)11-17-12-6-7-13(16)14(10-12)19-3/h6-7,10,17H,4-5,8-9,11,16H2,1-3H3. The lowest BCUT2D eigenvalue weighted by atomic mass is 9.96. The van der Waals surface area contributed by atoms with Gasteiger partial charge in [0.25, 0.3) is 0 Å². The first-order valence-electron chi connectivity index (χ1n) is 6.92. The quantitative estimate of drug-likeness (QED) is 0.802. The van der Waals surface area contributed by atoms with Crippen molar-refractivity contribution in [3.8, 4) is 5.75 Å². The maximum atomic E-state index is 5.83. The van der Waals surface area contributed by atoms with Crippen LogP contribution in [0.3, 0.4) is 0 Å². The highest BCUT2D eigenvalue weighted by atomic mass is 16.5. The van der Waals surface area contributed by atoms with Crippen LogP contribution in [0, 0.1) is 0 Å². The number of nitrogens with two attached hydrogens (primary N) is 1. The number of rotatable bonds is 5. The smallest absolute Gasteiger partial charge is 0.143 e. The molecule has 1 fully saturated rings. The zero-order valence-electron chi connectivity index (χ0n) is 12.2. The van der Waals surface area contributed by atoms with Crippen molar-refractivity contribution in [1.29, 1.82) is 0 Å². The third kappa shape index (κ3) is 2.95. The Morgan fingerprint density at radius 3 is 2.58 bits per heavy atom. The van der Waals surface area contributed by atoms with Gasteiger partial charge in [-0.05, 0) is 39.1 Å². The summed E-state index contributed by atoms with van der Waals surface area (Å²) in [6.45, 7) is 0.965. The molecule has 0 bridgehead atoms. The van der Waals surface area contributed by atoms with Crippen molar-refractivity contribution in [2.24, 2.45) is 0 Å². The molecule has 2 rings (SSSR count). The van der Waals surface area contributed by atoms with Crippen LogP contribution >= 0.6 is 0 Å². The number of methoxy groups -OCH3 is 1. The highest BCUT2D eigenvalue weighted by molar-refractivity contribution is 5.61. The molecule has 0 amide bonds. The Labute approximate surface area is 115 Å². The molecule has 0 aromatic heterocycles. The van der Waals surface area contributed by atoms with Crippen LogP contribution in [-0.4, -0.2) is 38.2 Å². The molecular formula is C15H25N3O. The Hall–Kier alpha value is -1.42. The van der Waals surface area contributed by atoms with Gasteiger partial charge < -0.3 is 20.7 Å². The molecule has 0 unspecified atom stereocenters. The summed E-state index contributed by atoms with van der Waals surface area (Å²) in [4.78, 5) is 2.36. The molecule has 0 heterocycles. The molecule has 1 saturated carbocycles. The maximum absolute atomic E-state index is 5.83. The summed E-state index contributed by atoms with van der Waals surface area (Å²) in [5.74, 6) is 0.732. The van der Waals surface area contributed by atoms with Crippen LogP contribution in [0.5, 0.6) is 5.75 Å². The predicted molar refractivity (Wildman–Crippen MR) is 80.8 cm³/mol. The van der Waals surface area contributed by atoms with Gasteiger partial charge in [0.2, 0.25) is 0 Å². The van der Waals surface area contributed by atoms with Crippen molar-refractivity contribution in [2.45, 2.75) is 31.2 Å². The molecule has 0 aliphatic heterocycles. The van der Waals surface area contributed by atoms with Gasteiger partial charge in [0.05, 0.1) is 12.8 Å². The number of anilines is 2. The van der Waals surface area contributed by atoms with E-state index in [1.165, 1.54) is 25.7 Å². The molecule has 0 atom stereocenters. The first-order valence-corrected chi connectivity index (χ1v) is 6.92. The molecule has 19 heavy (non-hydrogen) atoms. The van der Waals surface area contributed by atoms with E-state index in [9.17, 15) is 0 Å². The molecule has 1 aliphatic rings. The summed E-state index contributed by atoms with van der Waals surface area (Å²) in [5.41, 5.74) is 7.86. The average molecular weight is 263 g/mol. The molecule has 106 valence electrons. The van der Waals surface area contributed by atoms with Gasteiger partial charge in [0, 0.05) is 23.8 Å². The second kappa shape index (κ2) is 5.70. The number of benzene rings is 1. The lowest BCUT2D eigenvalue weighted by Crippen LogP contribution is -2.47. The molecular weight excluding hydrogens is 238 g/mol. The van der Waals surface area contributed by atoms with E-state index in [1.54, 1.807) is 7.11 Å². The van der Waals surface area contributed by atoms with Crippen molar-refractivity contribution < 1.29 is 4.74 Å². The minimum atomic E-state index is 0.286. The van der Waals surface area contributed by atoms with Gasteiger partial charge in [-0.3, -0.25) is 0 Å². The highest BCUT2D eigenvalue weighted by Crippen LogP contribution is 2.34. The van der Waals surface area contributed by atoms with Crippen molar-refractivity contribution >= 4 is 11.4 Å². The number of nitrogens with zero attached hydrogens (tertiary/aromatic N) is 1. The van der Waals surface area contributed by atoms with E-state index in [0.29, 0.717) is 5.69 Å². The number of nitrogens with one attached hydrogen (secondary N) is 1. The van der Waals surface area contributed by atoms with Crippen LogP contribution in [0.4, 0.5) is 11.4 Å². The molecule has 0 spiro atoms. The monoisotopic (exact) mass is 263 g/mol. The van der Waals surface area contributed by atoms with Gasteiger partial charge in [0.15, 0.2) is 0 Å². The maximum Gasteiger partial charge on any atom is 0.143 e. The van der Waals surface area contributed by atoms with Crippen LogP contribution < -0.4 is 15.8 Å². The van der Waals surface area contributed by atoms with E-state index in [2.05, 4.69) is 24.3 Å². The summed E-state index contributed by atoms with van der Waals surface area (Å²) in [5, 5.41) is 3.53. The van der Waals surface area contributed by atoms with E-state index in [-0.39, 0.29) is 5.54 Å². The third-order valence-corrected chi connectivity index (χ3v) is 4.34. The number of hydrogen-bond donors (Lipinski definition) is 2. The average Bonchev–Trinajstić information content (AvgIpc) is 2.88. The fourth-order valence-electron chi connectivity index (χ4n) is 2.90. The molecule has 0 saturated heterocycles. The zero-order chi connectivity index (χ0) is 13.9. The van der Waals surface area contributed by atoms with Crippen molar-refractivity contribution in [1.82, 2.24) is 4.90 Å². The normalized spacial score (nSPS) is 17.7. The van der Waals surface area contributed by atoms with Crippen LogP contribution in [0.25, 0.3) is 0 Å². The summed E-state index contributed by atoms with van der Waals surface area (Å²) in [7, 11) is 6.00. The van der Waals surface area contributed by atoms with E-state index < -0.39 is 0 Å². The zero-order valence-corrected chi connectivity index (χ0v) is 12.2. The minimum absolute atomic E-state index is 0.286. The summed E-state index contributed by atoms with van der Waals surface area (Å²) < 4.78 is 5.25. The first-order chi connectivity index (χ1) is 9.07. The van der Waals surface area contributed by atoms with Gasteiger partial charge in [-0.15, -0.1) is 0 Å². The second-order valence-electron chi connectivity index (χ2n) is 5.64. The summed E-state index contributed by atoms with van der Waals surface area (Å²) in [6, 6.07) is 5.86. The lowest BCUT2D eigenvalue weighted by molar-refractivity contribution is 0.172. The van der Waals surface area contributed by atoms with Crippen LogP contribution in [0.15, 0.2) is 18.2 Å². The number of ether oxygens (including phenoxy) is 1. The van der Waals surface area contributed by atoms with Crippen molar-refractivity contribution in [3.05, 3.63) is 18.2 Å². The molecule has 4 nitrogen and oxygen atoms in total. The molecule has 1 aliphatic carbocycles. The molecule has 1 aromatic carbocycles. The SMILES string of the molecule is COc1cc(NCC2(N(C)C)CCCC2)ccc1N. The Balaban J connectivity index is 2.05. The van der Waals surface area contributed by atoms with Gasteiger partial charge in [0.1, 0.15) is 5.75 Å². The van der Waals surface area contributed by atoms with Crippen LogP contribution in [0.1, 0.15) is 25.7 Å². The van der Waals surface area contributed by atoms with E-state index in [4.69, 9.17) is 10.5 Å². The van der Waals surface area contributed by atoms with Gasteiger partial charge in [-0.1, -0.05) is 12.8 Å². The number of hydrogen-bond acceptors (Lipinski definition) is 4. The molecule has 1 aromatic rings. The lowest BCUT2D eigenvalue weighted by Gasteiger charge is -2.36. The van der Waals surface area contributed by atoms with Gasteiger partial charge >= 0.3 is 0 Å². The van der Waals surface area contributed by atoms with E-state index >= 15 is 0 Å². The van der Waals surface area contributed by atoms with Crippen molar-refractivity contribution in [2.75, 3.05) is 38.8 Å². The fourth-order valence-corrected chi connectivity index (χ4v) is 2.90. The van der Waals surface area contributed by atoms with Gasteiger partial charge in [-0.2, -0.15) is 0 Å². The first kappa shape index (κ1) is 14.0. The van der Waals surface area contributed by atoms with E-state index in [1.807, 2.05) is 18.2 Å². The Kier molecular flexibility index (Phi) is 4.20. The molecule has 4 heteroatoms. The molecule has 3 N–H and O–H groups in total. The largest absolute Gasteiger partial charge is 0.495 e. The Morgan fingerprint density at radius 2 is 2.00 bits per heavy atom. The number of likely N-dealkylation sites (N-methyl/N-ethyl adjacent to an activating group) is 1. The fraction of sp³-hybridized carbons (Fsp3) is 0.600. The Morgan fingerprint density at radius 1 is 1.32 bits per heavy atom. The minimum Gasteiger partial charge on any atom is -0.495 e. The topological polar surface area (TPSA) is 50.5 Å². The summed E-state index contributed by atoms with van der Waals surface area (Å²) >= 11 is 0. The highest BCUT2D eigenvalue weighted by Gasteiger charge is 2.35. The number of nitrogen functional groups attached to an aromatic ring is 1. The van der Waals surface area contributed by atoms with Gasteiger partial charge in [-0.25, -0.2) is 0 Å². The second-order valence-corrected chi connectivity index (χ2v) is 5.64. The molecule has 0 radical (unpaired) electrons. The van der Waals surface area contributed by atoms with Crippen LogP contribution in [0.2, 0.25) is 0 Å². The van der Waals surface area contributed by atoms with Crippen molar-refractivity contribution in [3.63, 3.8) is 0 Å². The van der Waals surface area contributed by atoms with E-state index in [0.717, 1.165) is 18.0 Å². The predicted octanol–water partition coefficient (Wildman–Crippen LogP) is 2.56. The van der Waals surface area contributed by atoms with Crippen LogP contribution in [-0.2, 0) is 0 Å².